The largest absolute Gasteiger partial charge is 0.309 e. The summed E-state index contributed by atoms with van der Waals surface area (Å²) in [6, 6.07) is 11.3. The van der Waals surface area contributed by atoms with E-state index in [-0.39, 0.29) is 5.91 Å². The monoisotopic (exact) mass is 340 g/mol. The molecule has 2 aromatic heterocycles. The summed E-state index contributed by atoms with van der Waals surface area (Å²) < 4.78 is 1.67. The van der Waals surface area contributed by atoms with Gasteiger partial charge >= 0.3 is 0 Å². The Hall–Kier alpha value is -2.66. The molecule has 0 atom stereocenters. The van der Waals surface area contributed by atoms with Gasteiger partial charge in [0, 0.05) is 30.6 Å². The summed E-state index contributed by atoms with van der Waals surface area (Å²) in [7, 11) is 0. The van der Waals surface area contributed by atoms with E-state index in [9.17, 15) is 4.79 Å². The number of hydrogen-bond acceptors (Lipinski definition) is 3. The van der Waals surface area contributed by atoms with Gasteiger partial charge in [0.2, 0.25) is 5.91 Å². The highest BCUT2D eigenvalue weighted by molar-refractivity contribution is 6.32. The van der Waals surface area contributed by atoms with Crippen molar-refractivity contribution in [2.75, 3.05) is 5.32 Å². The van der Waals surface area contributed by atoms with E-state index in [0.717, 1.165) is 16.8 Å². The van der Waals surface area contributed by atoms with Gasteiger partial charge in [0.05, 0.1) is 10.7 Å². The van der Waals surface area contributed by atoms with Crippen molar-refractivity contribution < 1.29 is 4.79 Å². The van der Waals surface area contributed by atoms with Gasteiger partial charge in [-0.3, -0.25) is 9.78 Å². The lowest BCUT2D eigenvalue weighted by atomic mass is 10.1. The first kappa shape index (κ1) is 16.2. The van der Waals surface area contributed by atoms with Gasteiger partial charge in [-0.15, -0.1) is 5.10 Å². The highest BCUT2D eigenvalue weighted by Crippen LogP contribution is 2.22. The Labute approximate surface area is 145 Å². The number of amides is 1. The molecule has 3 aromatic rings. The molecule has 0 spiro atoms. The maximum absolute atomic E-state index is 12.1. The molecule has 0 saturated carbocycles. The summed E-state index contributed by atoms with van der Waals surface area (Å²) in [6.07, 6.45) is 6.35. The third-order valence-corrected chi connectivity index (χ3v) is 3.94. The molecule has 0 aliphatic heterocycles. The summed E-state index contributed by atoms with van der Waals surface area (Å²) in [5.74, 6) is 0.470. The number of anilines is 1. The number of halogens is 1. The third-order valence-electron chi connectivity index (χ3n) is 3.62. The fourth-order valence-electron chi connectivity index (χ4n) is 2.34. The summed E-state index contributed by atoms with van der Waals surface area (Å²) in [5.41, 5.74) is 2.69. The van der Waals surface area contributed by atoms with E-state index in [1.165, 1.54) is 0 Å². The van der Waals surface area contributed by atoms with Gasteiger partial charge < -0.3 is 5.32 Å². The standard InChI is InChI=1S/C18H17ClN4O/c1-13-12-23(16-7-3-2-6-15(16)19)22-18(13)21-17(24)9-8-14-5-4-10-20-11-14/h2-7,10-12H,8-9H2,1H3,(H,21,22,24). The summed E-state index contributed by atoms with van der Waals surface area (Å²) >= 11 is 6.19. The Morgan fingerprint density at radius 3 is 2.83 bits per heavy atom. The van der Waals surface area contributed by atoms with E-state index in [4.69, 9.17) is 11.6 Å². The number of aryl methyl sites for hydroxylation is 2. The summed E-state index contributed by atoms with van der Waals surface area (Å²) in [4.78, 5) is 16.2. The molecule has 0 saturated heterocycles. The van der Waals surface area contributed by atoms with Gasteiger partial charge in [0.1, 0.15) is 0 Å². The van der Waals surface area contributed by atoms with Gasteiger partial charge in [-0.2, -0.15) is 0 Å². The van der Waals surface area contributed by atoms with E-state index in [0.29, 0.717) is 23.7 Å². The van der Waals surface area contributed by atoms with Gasteiger partial charge in [0.25, 0.3) is 0 Å². The molecule has 6 heteroatoms. The van der Waals surface area contributed by atoms with E-state index in [2.05, 4.69) is 15.4 Å². The fourth-order valence-corrected chi connectivity index (χ4v) is 2.57. The van der Waals surface area contributed by atoms with Crippen LogP contribution in [0.5, 0.6) is 0 Å². The molecule has 24 heavy (non-hydrogen) atoms. The fraction of sp³-hybridized carbons (Fsp3) is 0.167. The van der Waals surface area contributed by atoms with Gasteiger partial charge in [-0.1, -0.05) is 29.8 Å². The second-order valence-corrected chi connectivity index (χ2v) is 5.87. The van der Waals surface area contributed by atoms with Crippen molar-refractivity contribution in [2.45, 2.75) is 19.8 Å². The molecule has 122 valence electrons. The van der Waals surface area contributed by atoms with Crippen LogP contribution in [0.4, 0.5) is 5.82 Å². The SMILES string of the molecule is Cc1cn(-c2ccccc2Cl)nc1NC(=O)CCc1cccnc1. The molecule has 3 rings (SSSR count). The number of pyridine rings is 1. The average Bonchev–Trinajstić information content (AvgIpc) is 2.95. The Bertz CT molecular complexity index is 845. The molecule has 0 unspecified atom stereocenters. The van der Waals surface area contributed by atoms with Crippen LogP contribution in [-0.4, -0.2) is 20.7 Å². The number of hydrogen-bond donors (Lipinski definition) is 1. The Kier molecular flexibility index (Phi) is 4.91. The predicted molar refractivity (Wildman–Crippen MR) is 94.5 cm³/mol. The topological polar surface area (TPSA) is 59.8 Å². The molecular formula is C18H17ClN4O. The normalized spacial score (nSPS) is 10.6. The molecule has 0 radical (unpaired) electrons. The van der Waals surface area contributed by atoms with Gasteiger partial charge in [0.15, 0.2) is 5.82 Å². The van der Waals surface area contributed by atoms with Gasteiger partial charge in [-0.25, -0.2) is 4.68 Å². The van der Waals surface area contributed by atoms with Crippen LogP contribution in [0.15, 0.2) is 55.0 Å². The van der Waals surface area contributed by atoms with Crippen LogP contribution >= 0.6 is 11.6 Å². The van der Waals surface area contributed by atoms with Crippen LogP contribution in [0.1, 0.15) is 17.5 Å². The van der Waals surface area contributed by atoms with Crippen molar-refractivity contribution in [3.8, 4) is 5.69 Å². The van der Waals surface area contributed by atoms with Crippen LogP contribution in [0.2, 0.25) is 5.02 Å². The lowest BCUT2D eigenvalue weighted by Gasteiger charge is -2.04. The Morgan fingerprint density at radius 2 is 2.08 bits per heavy atom. The van der Waals surface area contributed by atoms with Crippen molar-refractivity contribution >= 4 is 23.3 Å². The number of carbonyl (C=O) groups is 1. The first-order valence-electron chi connectivity index (χ1n) is 7.63. The van der Waals surface area contributed by atoms with Crippen molar-refractivity contribution in [2.24, 2.45) is 0 Å². The minimum absolute atomic E-state index is 0.0774. The third kappa shape index (κ3) is 3.81. The zero-order chi connectivity index (χ0) is 16.9. The summed E-state index contributed by atoms with van der Waals surface area (Å²) in [6.45, 7) is 1.90. The van der Waals surface area contributed by atoms with Crippen molar-refractivity contribution in [3.05, 3.63) is 71.1 Å². The molecule has 5 nitrogen and oxygen atoms in total. The Balaban J connectivity index is 1.67. The maximum Gasteiger partial charge on any atom is 0.225 e. The molecule has 0 aliphatic carbocycles. The van der Waals surface area contributed by atoms with E-state index < -0.39 is 0 Å². The van der Waals surface area contributed by atoms with Crippen LogP contribution in [0, 0.1) is 6.92 Å². The maximum atomic E-state index is 12.1. The molecule has 1 aromatic carbocycles. The minimum atomic E-state index is -0.0774. The smallest absolute Gasteiger partial charge is 0.225 e. The van der Waals surface area contributed by atoms with Crippen LogP contribution < -0.4 is 5.32 Å². The van der Waals surface area contributed by atoms with Crippen molar-refractivity contribution in [1.29, 1.82) is 0 Å². The van der Waals surface area contributed by atoms with Crippen molar-refractivity contribution in [1.82, 2.24) is 14.8 Å². The lowest BCUT2D eigenvalue weighted by Crippen LogP contribution is -2.13. The number of rotatable bonds is 5. The highest BCUT2D eigenvalue weighted by Gasteiger charge is 2.11. The summed E-state index contributed by atoms with van der Waals surface area (Å²) in [5, 5.41) is 7.89. The number of nitrogens with zero attached hydrogens (tertiary/aromatic N) is 3. The second kappa shape index (κ2) is 7.27. The number of carbonyl (C=O) groups excluding carboxylic acids is 1. The van der Waals surface area contributed by atoms with Crippen molar-refractivity contribution in [3.63, 3.8) is 0 Å². The average molecular weight is 341 g/mol. The molecule has 0 aliphatic rings. The lowest BCUT2D eigenvalue weighted by molar-refractivity contribution is -0.116. The number of nitrogens with one attached hydrogen (secondary N) is 1. The van der Waals surface area contributed by atoms with Gasteiger partial charge in [-0.05, 0) is 37.1 Å². The molecule has 1 N–H and O–H groups in total. The van der Waals surface area contributed by atoms with E-state index in [1.54, 1.807) is 23.1 Å². The zero-order valence-electron chi connectivity index (χ0n) is 13.2. The molecular weight excluding hydrogens is 324 g/mol. The molecule has 1 amide bonds. The molecule has 0 bridgehead atoms. The molecule has 2 heterocycles. The number of aromatic nitrogens is 3. The first-order valence-corrected chi connectivity index (χ1v) is 8.01. The van der Waals surface area contributed by atoms with E-state index in [1.807, 2.05) is 43.5 Å². The van der Waals surface area contributed by atoms with Crippen LogP contribution in [-0.2, 0) is 11.2 Å². The zero-order valence-corrected chi connectivity index (χ0v) is 14.0. The Morgan fingerprint density at radius 1 is 1.25 bits per heavy atom. The first-order chi connectivity index (χ1) is 11.6. The highest BCUT2D eigenvalue weighted by atomic mass is 35.5. The predicted octanol–water partition coefficient (Wildman–Crippen LogP) is 3.80. The number of benzene rings is 1. The molecule has 0 fully saturated rings. The number of para-hydroxylation sites is 1. The van der Waals surface area contributed by atoms with Crippen LogP contribution in [0.25, 0.3) is 5.69 Å². The quantitative estimate of drug-likeness (QED) is 0.768. The minimum Gasteiger partial charge on any atom is -0.309 e. The van der Waals surface area contributed by atoms with E-state index >= 15 is 0 Å². The van der Waals surface area contributed by atoms with Crippen LogP contribution in [0.3, 0.4) is 0 Å². The second-order valence-electron chi connectivity index (χ2n) is 5.47.